The van der Waals surface area contributed by atoms with E-state index in [-0.39, 0.29) is 11.9 Å². The first-order valence-corrected chi connectivity index (χ1v) is 11.4. The molecule has 3 aromatic rings. The van der Waals surface area contributed by atoms with Crippen LogP contribution in [0.2, 0.25) is 0 Å². The molecule has 0 aliphatic heterocycles. The van der Waals surface area contributed by atoms with E-state index < -0.39 is 0 Å². The number of amides is 1. The third-order valence-corrected chi connectivity index (χ3v) is 6.63. The maximum Gasteiger partial charge on any atom is 0.275 e. The molecule has 8 nitrogen and oxygen atoms in total. The number of hydrogen-bond donors (Lipinski definition) is 3. The van der Waals surface area contributed by atoms with Crippen LogP contribution in [0.3, 0.4) is 0 Å². The van der Waals surface area contributed by atoms with E-state index in [0.29, 0.717) is 29.0 Å². The Bertz CT molecular complexity index is 1170. The predicted octanol–water partition coefficient (Wildman–Crippen LogP) is 3.85. The molecule has 1 saturated carbocycles. The number of nitrogens with one attached hydrogen (secondary N) is 1. The monoisotopic (exact) mass is 449 g/mol. The van der Waals surface area contributed by atoms with E-state index in [4.69, 9.17) is 11.7 Å². The number of nitrogens with two attached hydrogens (primary N) is 2. The molecule has 9 heteroatoms. The first kappa shape index (κ1) is 21.9. The SMILES string of the molecule is Cc1cnc(C(=O)Nc2cccc(/C(=N/N)N(N)C(C)C)n2)cc1-c1ccc(C2CC2)s1. The molecule has 0 aromatic carbocycles. The van der Waals surface area contributed by atoms with Gasteiger partial charge in [0.25, 0.3) is 5.91 Å². The van der Waals surface area contributed by atoms with E-state index in [1.54, 1.807) is 35.7 Å². The third-order valence-electron chi connectivity index (χ3n) is 5.35. The van der Waals surface area contributed by atoms with Gasteiger partial charge >= 0.3 is 0 Å². The van der Waals surface area contributed by atoms with E-state index in [1.807, 2.05) is 26.8 Å². The first-order valence-electron chi connectivity index (χ1n) is 10.5. The standard InChI is InChI=1S/C23H27N7OS/c1-13(2)30(25)22(29-24)17-5-4-6-21(27-17)28-23(31)18-11-16(14(3)12-26-18)20-10-9-19(32-20)15-7-8-15/h4-6,9-13,15H,7-8,24-25H2,1-3H3,(H,27,28,31)/b29-22-. The minimum Gasteiger partial charge on any atom is -0.321 e. The number of hydrogen-bond acceptors (Lipinski definition) is 7. The smallest absolute Gasteiger partial charge is 0.275 e. The van der Waals surface area contributed by atoms with Crippen LogP contribution >= 0.6 is 11.3 Å². The van der Waals surface area contributed by atoms with E-state index in [2.05, 4.69) is 32.5 Å². The summed E-state index contributed by atoms with van der Waals surface area (Å²) in [4.78, 5) is 24.3. The molecule has 1 fully saturated rings. The molecule has 166 valence electrons. The van der Waals surface area contributed by atoms with Crippen LogP contribution < -0.4 is 17.0 Å². The zero-order valence-electron chi connectivity index (χ0n) is 18.4. The summed E-state index contributed by atoms with van der Waals surface area (Å²) in [7, 11) is 0. The second-order valence-electron chi connectivity index (χ2n) is 8.18. The quantitative estimate of drug-likeness (QED) is 0.227. The Hall–Kier alpha value is -3.30. The van der Waals surface area contributed by atoms with Gasteiger partial charge in [-0.15, -0.1) is 11.3 Å². The van der Waals surface area contributed by atoms with Crippen LogP contribution in [0.15, 0.2) is 47.7 Å². The van der Waals surface area contributed by atoms with Crippen LogP contribution in [-0.2, 0) is 0 Å². The average Bonchev–Trinajstić information content (AvgIpc) is 3.51. The fraction of sp³-hybridized carbons (Fsp3) is 0.304. The lowest BCUT2D eigenvalue weighted by atomic mass is 10.1. The molecular formula is C23H27N7OS. The Morgan fingerprint density at radius 2 is 2.03 bits per heavy atom. The molecule has 0 atom stereocenters. The van der Waals surface area contributed by atoms with Gasteiger partial charge in [-0.1, -0.05) is 6.07 Å². The summed E-state index contributed by atoms with van der Waals surface area (Å²) in [6.45, 7) is 5.84. The van der Waals surface area contributed by atoms with Crippen molar-refractivity contribution in [1.29, 1.82) is 0 Å². The van der Waals surface area contributed by atoms with Crippen molar-refractivity contribution in [3.63, 3.8) is 0 Å². The van der Waals surface area contributed by atoms with Crippen molar-refractivity contribution in [2.24, 2.45) is 16.8 Å². The number of aromatic nitrogens is 2. The maximum absolute atomic E-state index is 12.9. The maximum atomic E-state index is 12.9. The molecule has 0 bridgehead atoms. The van der Waals surface area contributed by atoms with Crippen LogP contribution in [-0.4, -0.2) is 32.8 Å². The van der Waals surface area contributed by atoms with Gasteiger partial charge in [0, 0.05) is 22.0 Å². The number of hydrazone groups is 1. The second-order valence-corrected chi connectivity index (χ2v) is 9.29. The molecule has 4 rings (SSSR count). The number of aryl methyl sites for hydroxylation is 1. The molecule has 1 aliphatic carbocycles. The van der Waals surface area contributed by atoms with Crippen molar-refractivity contribution in [2.45, 2.75) is 45.6 Å². The van der Waals surface area contributed by atoms with Crippen LogP contribution in [0.5, 0.6) is 0 Å². The topological polar surface area (TPSA) is 123 Å². The van der Waals surface area contributed by atoms with Gasteiger partial charge in [-0.2, -0.15) is 5.10 Å². The van der Waals surface area contributed by atoms with Crippen molar-refractivity contribution in [3.05, 3.63) is 64.4 Å². The lowest BCUT2D eigenvalue weighted by Gasteiger charge is -2.23. The van der Waals surface area contributed by atoms with Crippen molar-refractivity contribution < 1.29 is 4.79 Å². The van der Waals surface area contributed by atoms with E-state index in [1.165, 1.54) is 22.7 Å². The van der Waals surface area contributed by atoms with Crippen LogP contribution in [0.4, 0.5) is 5.82 Å². The highest BCUT2D eigenvalue weighted by Crippen LogP contribution is 2.45. The Morgan fingerprint density at radius 3 is 2.72 bits per heavy atom. The van der Waals surface area contributed by atoms with Gasteiger partial charge in [0.1, 0.15) is 17.2 Å². The molecule has 3 aromatic heterocycles. The minimum atomic E-state index is -0.338. The number of rotatable bonds is 6. The second kappa shape index (κ2) is 9.05. The Morgan fingerprint density at radius 1 is 1.25 bits per heavy atom. The summed E-state index contributed by atoms with van der Waals surface area (Å²) in [6.07, 6.45) is 4.27. The zero-order valence-corrected chi connectivity index (χ0v) is 19.2. The number of amidine groups is 1. The van der Waals surface area contributed by atoms with E-state index >= 15 is 0 Å². The Labute approximate surface area is 191 Å². The molecule has 3 heterocycles. The van der Waals surface area contributed by atoms with Gasteiger partial charge in [-0.05, 0) is 81.0 Å². The molecule has 32 heavy (non-hydrogen) atoms. The van der Waals surface area contributed by atoms with Gasteiger partial charge in [-0.3, -0.25) is 14.8 Å². The van der Waals surface area contributed by atoms with E-state index in [9.17, 15) is 4.79 Å². The highest BCUT2D eigenvalue weighted by molar-refractivity contribution is 7.15. The number of pyridine rings is 2. The van der Waals surface area contributed by atoms with Gasteiger partial charge in [0.2, 0.25) is 0 Å². The normalized spacial score (nSPS) is 14.0. The summed E-state index contributed by atoms with van der Waals surface area (Å²) in [5.74, 6) is 12.6. The molecule has 0 spiro atoms. The fourth-order valence-corrected chi connectivity index (χ4v) is 4.58. The van der Waals surface area contributed by atoms with Crippen LogP contribution in [0.25, 0.3) is 10.4 Å². The predicted molar refractivity (Wildman–Crippen MR) is 128 cm³/mol. The zero-order chi connectivity index (χ0) is 22.8. The third kappa shape index (κ3) is 4.63. The van der Waals surface area contributed by atoms with Crippen molar-refractivity contribution >= 4 is 28.9 Å². The van der Waals surface area contributed by atoms with Crippen molar-refractivity contribution in [3.8, 4) is 10.4 Å². The lowest BCUT2D eigenvalue weighted by Crippen LogP contribution is -2.44. The van der Waals surface area contributed by atoms with Crippen LogP contribution in [0.1, 0.15) is 59.2 Å². The molecule has 0 unspecified atom stereocenters. The minimum absolute atomic E-state index is 0.0230. The largest absolute Gasteiger partial charge is 0.321 e. The Balaban J connectivity index is 1.55. The number of thiophene rings is 1. The molecule has 0 saturated heterocycles. The number of nitrogens with zero attached hydrogens (tertiary/aromatic N) is 4. The first-order chi connectivity index (χ1) is 15.4. The summed E-state index contributed by atoms with van der Waals surface area (Å²) in [5.41, 5.74) is 2.85. The summed E-state index contributed by atoms with van der Waals surface area (Å²) in [5, 5.41) is 8.00. The summed E-state index contributed by atoms with van der Waals surface area (Å²) in [6, 6.07) is 11.3. The summed E-state index contributed by atoms with van der Waals surface area (Å²) < 4.78 is 0. The highest BCUT2D eigenvalue weighted by Gasteiger charge is 2.25. The van der Waals surface area contributed by atoms with Gasteiger partial charge < -0.3 is 11.2 Å². The van der Waals surface area contributed by atoms with Gasteiger partial charge in [0.05, 0.1) is 0 Å². The van der Waals surface area contributed by atoms with E-state index in [0.717, 1.165) is 16.0 Å². The van der Waals surface area contributed by atoms with Crippen LogP contribution in [0, 0.1) is 6.92 Å². The van der Waals surface area contributed by atoms with Gasteiger partial charge in [-0.25, -0.2) is 10.8 Å². The lowest BCUT2D eigenvalue weighted by molar-refractivity contribution is 0.102. The number of anilines is 1. The average molecular weight is 450 g/mol. The fourth-order valence-electron chi connectivity index (χ4n) is 3.32. The summed E-state index contributed by atoms with van der Waals surface area (Å²) >= 11 is 1.79. The van der Waals surface area contributed by atoms with Crippen molar-refractivity contribution in [2.75, 3.05) is 5.32 Å². The molecular weight excluding hydrogens is 422 g/mol. The Kier molecular flexibility index (Phi) is 6.20. The molecule has 0 radical (unpaired) electrons. The molecule has 1 amide bonds. The van der Waals surface area contributed by atoms with Gasteiger partial charge in [0.15, 0.2) is 5.84 Å². The molecule has 5 N–H and O–H groups in total. The highest BCUT2D eigenvalue weighted by atomic mass is 32.1. The van der Waals surface area contributed by atoms with Crippen molar-refractivity contribution in [1.82, 2.24) is 15.0 Å². The molecule has 1 aliphatic rings. The number of hydrazine groups is 1. The number of carbonyl (C=O) groups is 1. The number of carbonyl (C=O) groups excluding carboxylic acids is 1.